The zero-order valence-electron chi connectivity index (χ0n) is 31.8. The van der Waals surface area contributed by atoms with Gasteiger partial charge in [-0.3, -0.25) is 0 Å². The van der Waals surface area contributed by atoms with Gasteiger partial charge in [0.05, 0.1) is 11.1 Å². The lowest BCUT2D eigenvalue weighted by Gasteiger charge is -2.45. The van der Waals surface area contributed by atoms with Crippen LogP contribution in [-0.2, 0) is 0 Å². The van der Waals surface area contributed by atoms with E-state index in [0.717, 1.165) is 65.7 Å². The minimum Gasteiger partial charge on any atom is -0.311 e. The summed E-state index contributed by atoms with van der Waals surface area (Å²) >= 11 is 0. The maximum Gasteiger partial charge on any atom is 0.252 e. The molecule has 61 heavy (non-hydrogen) atoms. The molecule has 10 rings (SSSR count). The van der Waals surface area contributed by atoms with Crippen LogP contribution in [0.3, 0.4) is 0 Å². The summed E-state index contributed by atoms with van der Waals surface area (Å²) in [5.41, 5.74) is 4.12. The van der Waals surface area contributed by atoms with Crippen molar-refractivity contribution in [1.82, 2.24) is 0 Å². The smallest absolute Gasteiger partial charge is 0.252 e. The molecule has 2 nitrogen and oxygen atoms in total. The maximum atomic E-state index is 15.5. The summed E-state index contributed by atoms with van der Waals surface area (Å²) < 4.78 is 147. The quantitative estimate of drug-likeness (QED) is 0.0738. The van der Waals surface area contributed by atoms with Crippen LogP contribution in [0.2, 0.25) is 0 Å². The van der Waals surface area contributed by atoms with E-state index in [9.17, 15) is 26.3 Å². The third-order valence-electron chi connectivity index (χ3n) is 12.2. The van der Waals surface area contributed by atoms with E-state index in [1.165, 1.54) is 42.5 Å². The van der Waals surface area contributed by atoms with Crippen molar-refractivity contribution in [1.29, 1.82) is 0 Å². The lowest BCUT2D eigenvalue weighted by molar-refractivity contribution is 0.381. The molecule has 0 bridgehead atoms. The first-order valence-electron chi connectivity index (χ1n) is 19.7. The molecule has 0 unspecified atom stereocenters. The summed E-state index contributed by atoms with van der Waals surface area (Å²) in [5.74, 6) is -20.7. The van der Waals surface area contributed by atoms with Crippen LogP contribution in [-0.4, -0.2) is 6.71 Å². The molecular formula is C48H29BF10N2. The van der Waals surface area contributed by atoms with Gasteiger partial charge in [0.2, 0.25) is 11.6 Å². The van der Waals surface area contributed by atoms with Crippen LogP contribution in [0, 0.1) is 58.2 Å². The van der Waals surface area contributed by atoms with Gasteiger partial charge in [0.25, 0.3) is 6.71 Å². The van der Waals surface area contributed by atoms with Crippen molar-refractivity contribution in [3.8, 4) is 22.3 Å². The fraction of sp³-hybridized carbons (Fsp3) is 0.125. The van der Waals surface area contributed by atoms with Gasteiger partial charge in [-0.25, -0.2) is 43.9 Å². The van der Waals surface area contributed by atoms with E-state index in [1.807, 2.05) is 59.5 Å². The second kappa shape index (κ2) is 14.6. The number of hydrogen-bond donors (Lipinski definition) is 0. The van der Waals surface area contributed by atoms with Gasteiger partial charge in [-0.1, -0.05) is 79.9 Å². The molecule has 0 N–H and O–H groups in total. The highest BCUT2D eigenvalue weighted by Crippen LogP contribution is 2.48. The first kappa shape index (κ1) is 38.7. The highest BCUT2D eigenvalue weighted by atomic mass is 19.2. The van der Waals surface area contributed by atoms with E-state index in [-0.39, 0.29) is 17.0 Å². The fourth-order valence-electron chi connectivity index (χ4n) is 9.43. The second-order valence-electron chi connectivity index (χ2n) is 15.5. The topological polar surface area (TPSA) is 6.48 Å². The molecule has 2 heterocycles. The van der Waals surface area contributed by atoms with Gasteiger partial charge in [-0.05, 0) is 100 Å². The van der Waals surface area contributed by atoms with E-state index >= 15 is 17.6 Å². The summed E-state index contributed by atoms with van der Waals surface area (Å²) in [7, 11) is 0. The molecule has 0 aromatic heterocycles. The highest BCUT2D eigenvalue weighted by molar-refractivity contribution is 7.00. The molecule has 1 fully saturated rings. The number of fused-ring (bicyclic) bond motifs is 4. The Kier molecular flexibility index (Phi) is 9.26. The highest BCUT2D eigenvalue weighted by Gasteiger charge is 2.44. The molecule has 1 aliphatic carbocycles. The maximum absolute atomic E-state index is 15.5. The molecule has 0 saturated heterocycles. The Morgan fingerprint density at radius 2 is 0.852 bits per heavy atom. The monoisotopic (exact) mass is 834 g/mol. The van der Waals surface area contributed by atoms with Gasteiger partial charge < -0.3 is 9.80 Å². The van der Waals surface area contributed by atoms with Crippen LogP contribution in [0.25, 0.3) is 22.3 Å². The molecule has 0 atom stereocenters. The molecular weight excluding hydrogens is 805 g/mol. The minimum absolute atomic E-state index is 0.181. The Morgan fingerprint density at radius 3 is 1.43 bits per heavy atom. The van der Waals surface area contributed by atoms with Crippen molar-refractivity contribution < 1.29 is 43.9 Å². The van der Waals surface area contributed by atoms with Crippen LogP contribution < -0.4 is 26.2 Å². The average Bonchev–Trinajstić information content (AvgIpc) is 3.29. The molecule has 0 radical (unpaired) electrons. The summed E-state index contributed by atoms with van der Waals surface area (Å²) in [5, 5.41) is 0. The van der Waals surface area contributed by atoms with Gasteiger partial charge in [-0.2, -0.15) is 0 Å². The molecule has 304 valence electrons. The zero-order valence-corrected chi connectivity index (χ0v) is 31.8. The predicted octanol–water partition coefficient (Wildman–Crippen LogP) is 12.5. The van der Waals surface area contributed by atoms with Gasteiger partial charge in [0.1, 0.15) is 0 Å². The second-order valence-corrected chi connectivity index (χ2v) is 15.5. The van der Waals surface area contributed by atoms with Crippen molar-refractivity contribution in [2.24, 2.45) is 0 Å². The van der Waals surface area contributed by atoms with Crippen molar-refractivity contribution in [2.75, 3.05) is 9.80 Å². The summed E-state index contributed by atoms with van der Waals surface area (Å²) in [6.07, 6.45) is 5.01. The Balaban J connectivity index is 1.27. The Labute approximate surface area is 343 Å². The van der Waals surface area contributed by atoms with Crippen LogP contribution >= 0.6 is 0 Å². The molecule has 7 aromatic carbocycles. The summed E-state index contributed by atoms with van der Waals surface area (Å²) in [6, 6.07) is 31.0. The zero-order chi connectivity index (χ0) is 42.4. The van der Waals surface area contributed by atoms with Crippen molar-refractivity contribution in [3.63, 3.8) is 0 Å². The number of para-hydroxylation sites is 2. The number of hydrogen-bond acceptors (Lipinski definition) is 2. The molecule has 13 heteroatoms. The lowest BCUT2D eigenvalue weighted by Crippen LogP contribution is -2.61. The van der Waals surface area contributed by atoms with Crippen LogP contribution in [0.15, 0.2) is 109 Å². The molecule has 7 aromatic rings. The predicted molar refractivity (Wildman–Crippen MR) is 217 cm³/mol. The molecule has 0 spiro atoms. The normalized spacial score (nSPS) is 14.6. The summed E-state index contributed by atoms with van der Waals surface area (Å²) in [6.45, 7) is -0.651. The summed E-state index contributed by atoms with van der Waals surface area (Å²) in [4.78, 5) is 3.96. The standard InChI is InChI=1S/C48H29BF10N2/c50-39-36(40(51)44(55)47(58)43(39)54)25-15-18-29(19-16-25)61-33-20-17-26(37-41(52)45(56)48(59)46(57)42(37)53)21-31(33)49-30-13-7-8-14-32(30)60(28-11-5-2-6-12-28)34-22-27(23-35(61)38(34)49)24-9-3-1-4-10-24/h2,5-8,11-24H,1,3-4,9-10H2. The van der Waals surface area contributed by atoms with Crippen molar-refractivity contribution in [3.05, 3.63) is 173 Å². The van der Waals surface area contributed by atoms with Crippen molar-refractivity contribution >= 4 is 57.2 Å². The number of anilines is 6. The molecule has 1 saturated carbocycles. The number of nitrogens with zero attached hydrogens (tertiary/aromatic N) is 2. The van der Waals surface area contributed by atoms with Crippen LogP contribution in [0.1, 0.15) is 43.6 Å². The van der Waals surface area contributed by atoms with Gasteiger partial charge in [-0.15, -0.1) is 0 Å². The third-order valence-corrected chi connectivity index (χ3v) is 12.2. The Hall–Kier alpha value is -6.50. The van der Waals surface area contributed by atoms with Crippen molar-refractivity contribution in [2.45, 2.75) is 38.0 Å². The third kappa shape index (κ3) is 5.87. The van der Waals surface area contributed by atoms with Gasteiger partial charge in [0, 0.05) is 34.1 Å². The first-order chi connectivity index (χ1) is 29.5. The minimum atomic E-state index is -2.29. The van der Waals surface area contributed by atoms with E-state index < -0.39 is 76.0 Å². The lowest BCUT2D eigenvalue weighted by atomic mass is 9.33. The molecule has 2 aliphatic heterocycles. The van der Waals surface area contributed by atoms with Crippen LogP contribution in [0.4, 0.5) is 78.0 Å². The van der Waals surface area contributed by atoms with E-state index in [4.69, 9.17) is 0 Å². The first-order valence-corrected chi connectivity index (χ1v) is 19.7. The SMILES string of the molecule is Fc1c(F)c(F)c(-c2ccc(N3c4ccc(-c5c(F)c(F)c(F)c(F)c5F)cc4B4c5ccccc5N(c5ccccc5)c5cc(C6CCCCC6)cc3c54)cc2)c(F)c1F. The largest absolute Gasteiger partial charge is 0.311 e. The molecule has 3 aliphatic rings. The van der Waals surface area contributed by atoms with Crippen LogP contribution in [0.5, 0.6) is 0 Å². The average molecular weight is 835 g/mol. The Morgan fingerprint density at radius 1 is 0.393 bits per heavy atom. The molecule has 0 amide bonds. The van der Waals surface area contributed by atoms with E-state index in [0.29, 0.717) is 22.5 Å². The fourth-order valence-corrected chi connectivity index (χ4v) is 9.43. The van der Waals surface area contributed by atoms with E-state index in [1.54, 1.807) is 0 Å². The van der Waals surface area contributed by atoms with Gasteiger partial charge in [0.15, 0.2) is 46.5 Å². The van der Waals surface area contributed by atoms with Gasteiger partial charge >= 0.3 is 0 Å². The number of benzene rings is 7. The Bertz CT molecular complexity index is 2880. The van der Waals surface area contributed by atoms with E-state index in [2.05, 4.69) is 17.0 Å². The number of halogens is 10. The number of rotatable bonds is 5.